The average Bonchev–Trinajstić information content (AvgIpc) is 3.01. The van der Waals surface area contributed by atoms with E-state index in [0.29, 0.717) is 28.7 Å². The maximum atomic E-state index is 12.5. The smallest absolute Gasteiger partial charge is 0.329 e. The fraction of sp³-hybridized carbons (Fsp3) is 0.353. The molecule has 0 aliphatic heterocycles. The van der Waals surface area contributed by atoms with Gasteiger partial charge in [0, 0.05) is 11.1 Å². The van der Waals surface area contributed by atoms with E-state index in [4.69, 9.17) is 32.5 Å². The Kier molecular flexibility index (Phi) is 7.81. The molecule has 1 aromatic carbocycles. The van der Waals surface area contributed by atoms with Gasteiger partial charge in [-0.15, -0.1) is 0 Å². The van der Waals surface area contributed by atoms with Crippen LogP contribution in [0, 0.1) is 6.92 Å². The van der Waals surface area contributed by atoms with Gasteiger partial charge in [0.25, 0.3) is 5.91 Å². The topological polar surface area (TPSA) is 81.4 Å². The first-order valence-electron chi connectivity index (χ1n) is 7.74. The van der Waals surface area contributed by atoms with Crippen LogP contribution in [0.25, 0.3) is 0 Å². The molecule has 0 bridgehead atoms. The second kappa shape index (κ2) is 9.85. The summed E-state index contributed by atoms with van der Waals surface area (Å²) in [6.45, 7) is 1.72. The van der Waals surface area contributed by atoms with Crippen molar-refractivity contribution in [3.8, 4) is 0 Å². The molecule has 1 amide bonds. The molecule has 0 radical (unpaired) electrons. The Hall–Kier alpha value is -1.70. The average molecular weight is 417 g/mol. The zero-order valence-corrected chi connectivity index (χ0v) is 16.6. The molecule has 6 nitrogen and oxygen atoms in total. The highest BCUT2D eigenvalue weighted by Crippen LogP contribution is 2.21. The molecule has 26 heavy (non-hydrogen) atoms. The first-order valence-corrected chi connectivity index (χ1v) is 9.89. The number of aromatic nitrogens is 1. The monoisotopic (exact) mass is 416 g/mol. The molecule has 0 aliphatic rings. The number of thioether (sulfide) groups is 1. The fourth-order valence-corrected chi connectivity index (χ4v) is 3.09. The van der Waals surface area contributed by atoms with E-state index in [1.165, 1.54) is 12.1 Å². The van der Waals surface area contributed by atoms with Crippen LogP contribution in [-0.2, 0) is 16.1 Å². The van der Waals surface area contributed by atoms with E-state index >= 15 is 0 Å². The van der Waals surface area contributed by atoms with Crippen LogP contribution in [0.2, 0.25) is 10.0 Å². The van der Waals surface area contributed by atoms with Crippen LogP contribution in [0.4, 0.5) is 0 Å². The number of nitrogens with one attached hydrogen (secondary N) is 1. The highest BCUT2D eigenvalue weighted by molar-refractivity contribution is 7.98. The minimum absolute atomic E-state index is 0.0243. The molecule has 0 aliphatic carbocycles. The number of rotatable bonds is 8. The molecule has 1 atom stereocenters. The molecule has 0 saturated carbocycles. The first kappa shape index (κ1) is 20.6. The molecular formula is C17H18Cl2N2O4S. The van der Waals surface area contributed by atoms with Crippen molar-refractivity contribution in [1.29, 1.82) is 0 Å². The van der Waals surface area contributed by atoms with Crippen LogP contribution in [0.15, 0.2) is 28.8 Å². The Labute approximate surface area is 165 Å². The van der Waals surface area contributed by atoms with Gasteiger partial charge in [-0.05, 0) is 43.6 Å². The van der Waals surface area contributed by atoms with Gasteiger partial charge >= 0.3 is 5.97 Å². The molecule has 9 heteroatoms. The maximum absolute atomic E-state index is 12.5. The minimum Gasteiger partial charge on any atom is -0.458 e. The number of benzene rings is 1. The van der Waals surface area contributed by atoms with Crippen molar-refractivity contribution < 1.29 is 18.8 Å². The largest absolute Gasteiger partial charge is 0.458 e. The van der Waals surface area contributed by atoms with Crippen LogP contribution >= 0.6 is 35.0 Å². The lowest BCUT2D eigenvalue weighted by atomic mass is 10.1. The van der Waals surface area contributed by atoms with Gasteiger partial charge < -0.3 is 14.6 Å². The highest BCUT2D eigenvalue weighted by Gasteiger charge is 2.24. The van der Waals surface area contributed by atoms with Crippen LogP contribution in [0.1, 0.15) is 28.2 Å². The highest BCUT2D eigenvalue weighted by atomic mass is 35.5. The second-order valence-electron chi connectivity index (χ2n) is 5.47. The summed E-state index contributed by atoms with van der Waals surface area (Å²) >= 11 is 13.5. The Bertz CT molecular complexity index is 782. The fourth-order valence-electron chi connectivity index (χ4n) is 2.13. The number of carbonyl (C=O) groups excluding carboxylic acids is 2. The molecular weight excluding hydrogens is 399 g/mol. The number of carbonyl (C=O) groups is 2. The van der Waals surface area contributed by atoms with E-state index in [1.54, 1.807) is 30.8 Å². The third-order valence-corrected chi connectivity index (χ3v) is 4.61. The van der Waals surface area contributed by atoms with E-state index in [0.717, 1.165) is 0 Å². The summed E-state index contributed by atoms with van der Waals surface area (Å²) in [5.41, 5.74) is 0.747. The number of ether oxygens (including phenoxy) is 1. The molecule has 2 rings (SSSR count). The Morgan fingerprint density at radius 2 is 2.12 bits per heavy atom. The molecule has 1 heterocycles. The van der Waals surface area contributed by atoms with Crippen molar-refractivity contribution in [1.82, 2.24) is 10.5 Å². The number of nitrogens with zero attached hydrogens (tertiary/aromatic N) is 1. The predicted molar refractivity (Wildman–Crippen MR) is 102 cm³/mol. The quantitative estimate of drug-likeness (QED) is 0.657. The van der Waals surface area contributed by atoms with Crippen molar-refractivity contribution >= 4 is 46.8 Å². The lowest BCUT2D eigenvalue weighted by Crippen LogP contribution is -2.42. The van der Waals surface area contributed by atoms with Crippen molar-refractivity contribution in [3.63, 3.8) is 0 Å². The van der Waals surface area contributed by atoms with Gasteiger partial charge in [0.2, 0.25) is 0 Å². The molecule has 0 spiro atoms. The van der Waals surface area contributed by atoms with E-state index < -0.39 is 17.9 Å². The SMILES string of the molecule is CSCC[C@H](NC(=O)c1ccc(Cl)cc1Cl)C(=O)OCc1cc(C)on1. The van der Waals surface area contributed by atoms with Gasteiger partial charge in [-0.1, -0.05) is 28.4 Å². The van der Waals surface area contributed by atoms with Crippen molar-refractivity contribution in [2.45, 2.75) is 26.0 Å². The Morgan fingerprint density at radius 3 is 2.73 bits per heavy atom. The first-order chi connectivity index (χ1) is 12.4. The number of amides is 1. The zero-order valence-electron chi connectivity index (χ0n) is 14.3. The summed E-state index contributed by atoms with van der Waals surface area (Å²) in [7, 11) is 0. The summed E-state index contributed by atoms with van der Waals surface area (Å²) in [5, 5.41) is 7.07. The van der Waals surface area contributed by atoms with Gasteiger partial charge in [0.15, 0.2) is 0 Å². The molecule has 140 valence electrons. The molecule has 0 unspecified atom stereocenters. The molecule has 0 fully saturated rings. The van der Waals surface area contributed by atoms with Gasteiger partial charge in [0.1, 0.15) is 24.1 Å². The molecule has 1 N–H and O–H groups in total. The number of halogens is 2. The second-order valence-corrected chi connectivity index (χ2v) is 7.30. The Balaban J connectivity index is 2.02. The van der Waals surface area contributed by atoms with Gasteiger partial charge in [-0.3, -0.25) is 4.79 Å². The Morgan fingerprint density at radius 1 is 1.35 bits per heavy atom. The summed E-state index contributed by atoms with van der Waals surface area (Å²) in [5.74, 6) is 0.295. The van der Waals surface area contributed by atoms with E-state index in [1.807, 2.05) is 6.26 Å². The third-order valence-electron chi connectivity index (χ3n) is 3.42. The zero-order chi connectivity index (χ0) is 19.1. The van der Waals surface area contributed by atoms with Crippen LogP contribution < -0.4 is 5.32 Å². The third kappa shape index (κ3) is 5.93. The van der Waals surface area contributed by atoms with E-state index in [-0.39, 0.29) is 17.2 Å². The molecule has 0 saturated heterocycles. The van der Waals surface area contributed by atoms with E-state index in [9.17, 15) is 9.59 Å². The van der Waals surface area contributed by atoms with Crippen LogP contribution in [-0.4, -0.2) is 35.1 Å². The summed E-state index contributed by atoms with van der Waals surface area (Å²) < 4.78 is 10.2. The summed E-state index contributed by atoms with van der Waals surface area (Å²) in [4.78, 5) is 24.8. The minimum atomic E-state index is -0.797. The van der Waals surface area contributed by atoms with Crippen molar-refractivity contribution in [2.75, 3.05) is 12.0 Å². The number of aryl methyl sites for hydroxylation is 1. The summed E-state index contributed by atoms with van der Waals surface area (Å²) in [6.07, 6.45) is 2.34. The van der Waals surface area contributed by atoms with Crippen molar-refractivity contribution in [3.05, 3.63) is 51.3 Å². The predicted octanol–water partition coefficient (Wildman–Crippen LogP) is 3.88. The number of hydrogen-bond acceptors (Lipinski definition) is 6. The van der Waals surface area contributed by atoms with Gasteiger partial charge in [0.05, 0.1) is 10.6 Å². The molecule has 1 aromatic heterocycles. The molecule has 2 aromatic rings. The lowest BCUT2D eigenvalue weighted by Gasteiger charge is -2.17. The number of hydrogen-bond donors (Lipinski definition) is 1. The normalized spacial score (nSPS) is 11.8. The maximum Gasteiger partial charge on any atom is 0.329 e. The van der Waals surface area contributed by atoms with Crippen LogP contribution in [0.3, 0.4) is 0 Å². The van der Waals surface area contributed by atoms with Crippen molar-refractivity contribution in [2.24, 2.45) is 0 Å². The lowest BCUT2D eigenvalue weighted by molar-refractivity contribution is -0.147. The summed E-state index contributed by atoms with van der Waals surface area (Å²) in [6, 6.07) is 5.42. The van der Waals surface area contributed by atoms with Gasteiger partial charge in [-0.25, -0.2) is 4.79 Å². The van der Waals surface area contributed by atoms with E-state index in [2.05, 4.69) is 10.5 Å². The standard InChI is InChI=1S/C17H18Cl2N2O4S/c1-10-7-12(21-25-10)9-24-17(23)15(5-6-26-2)20-16(22)13-4-3-11(18)8-14(13)19/h3-4,7-8,15H,5-6,9H2,1-2H3,(H,20,22)/t15-/m0/s1. The number of esters is 1. The van der Waals surface area contributed by atoms with Gasteiger partial charge in [-0.2, -0.15) is 11.8 Å². The van der Waals surface area contributed by atoms with Crippen LogP contribution in [0.5, 0.6) is 0 Å².